The van der Waals surface area contributed by atoms with Crippen molar-refractivity contribution in [3.8, 4) is 0 Å². The Morgan fingerprint density at radius 2 is 2.30 bits per heavy atom. The molecule has 1 heterocycles. The van der Waals surface area contributed by atoms with E-state index in [1.807, 2.05) is 25.7 Å². The molecule has 1 amide bonds. The number of carbonyl (C=O) groups is 1. The van der Waals surface area contributed by atoms with Crippen LogP contribution in [0.2, 0.25) is 0 Å². The summed E-state index contributed by atoms with van der Waals surface area (Å²) in [6, 6.07) is 0.340. The van der Waals surface area contributed by atoms with Gasteiger partial charge in [-0.15, -0.1) is 0 Å². The van der Waals surface area contributed by atoms with Gasteiger partial charge in [0, 0.05) is 6.04 Å². The van der Waals surface area contributed by atoms with Gasteiger partial charge in [-0.25, -0.2) is 0 Å². The average Bonchev–Trinajstić information content (AvgIpc) is 2.14. The Bertz CT molecular complexity index is 145. The monoisotopic (exact) mass is 142 g/mol. The van der Waals surface area contributed by atoms with E-state index in [0.29, 0.717) is 12.7 Å². The minimum atomic E-state index is 0.0161. The molecular weight excluding hydrogens is 128 g/mol. The zero-order chi connectivity index (χ0) is 7.72. The first kappa shape index (κ1) is 7.54. The number of hydrogen-bond donors (Lipinski definition) is 1. The van der Waals surface area contributed by atoms with Crippen LogP contribution in [-0.4, -0.2) is 29.6 Å². The highest BCUT2D eigenvalue weighted by atomic mass is 16.2. The summed E-state index contributed by atoms with van der Waals surface area (Å²) in [5.74, 6) is 0.218. The van der Waals surface area contributed by atoms with Crippen molar-refractivity contribution in [1.29, 1.82) is 0 Å². The highest BCUT2D eigenvalue weighted by molar-refractivity contribution is 5.83. The van der Waals surface area contributed by atoms with Crippen LogP contribution in [-0.2, 0) is 4.79 Å². The fourth-order valence-corrected chi connectivity index (χ4v) is 1.09. The standard InChI is InChI=1S/C7H14N2O/c1-5(2)9-4-8-6(3)7(9)10/h5-6,8H,4H2,1-3H3. The highest BCUT2D eigenvalue weighted by Gasteiger charge is 2.28. The summed E-state index contributed by atoms with van der Waals surface area (Å²) in [4.78, 5) is 13.0. The fourth-order valence-electron chi connectivity index (χ4n) is 1.09. The Balaban J connectivity index is 2.57. The minimum Gasteiger partial charge on any atom is -0.326 e. The number of rotatable bonds is 1. The van der Waals surface area contributed by atoms with Crippen LogP contribution in [0.1, 0.15) is 20.8 Å². The Morgan fingerprint density at radius 1 is 1.70 bits per heavy atom. The second-order valence-electron chi connectivity index (χ2n) is 2.99. The third-order valence-electron chi connectivity index (χ3n) is 1.84. The van der Waals surface area contributed by atoms with Gasteiger partial charge in [0.1, 0.15) is 0 Å². The SMILES string of the molecule is CC1NCN(C(C)C)C1=O. The van der Waals surface area contributed by atoms with Crippen LogP contribution in [0.25, 0.3) is 0 Å². The summed E-state index contributed by atoms with van der Waals surface area (Å²) in [6.07, 6.45) is 0. The number of nitrogens with one attached hydrogen (secondary N) is 1. The van der Waals surface area contributed by atoms with Crippen LogP contribution in [0.4, 0.5) is 0 Å². The highest BCUT2D eigenvalue weighted by Crippen LogP contribution is 2.06. The fraction of sp³-hybridized carbons (Fsp3) is 0.857. The van der Waals surface area contributed by atoms with E-state index in [0.717, 1.165) is 0 Å². The zero-order valence-electron chi connectivity index (χ0n) is 6.72. The molecule has 0 radical (unpaired) electrons. The van der Waals surface area contributed by atoms with Crippen molar-refractivity contribution in [2.75, 3.05) is 6.67 Å². The van der Waals surface area contributed by atoms with Gasteiger partial charge in [-0.05, 0) is 20.8 Å². The Kier molecular flexibility index (Phi) is 1.94. The lowest BCUT2D eigenvalue weighted by molar-refractivity contribution is -0.129. The number of carbonyl (C=O) groups excluding carboxylic acids is 1. The zero-order valence-corrected chi connectivity index (χ0v) is 6.72. The molecule has 1 N–H and O–H groups in total. The van der Waals surface area contributed by atoms with Crippen molar-refractivity contribution in [3.63, 3.8) is 0 Å². The van der Waals surface area contributed by atoms with Gasteiger partial charge in [-0.3, -0.25) is 10.1 Å². The van der Waals surface area contributed by atoms with Gasteiger partial charge < -0.3 is 4.90 Å². The topological polar surface area (TPSA) is 32.3 Å². The molecule has 0 aromatic carbocycles. The van der Waals surface area contributed by atoms with E-state index in [-0.39, 0.29) is 11.9 Å². The summed E-state index contributed by atoms with van der Waals surface area (Å²) >= 11 is 0. The van der Waals surface area contributed by atoms with E-state index in [9.17, 15) is 4.79 Å². The summed E-state index contributed by atoms with van der Waals surface area (Å²) in [6.45, 7) is 6.65. The van der Waals surface area contributed by atoms with Gasteiger partial charge in [0.2, 0.25) is 5.91 Å². The third kappa shape index (κ3) is 1.14. The maximum absolute atomic E-state index is 11.2. The van der Waals surface area contributed by atoms with Crippen LogP contribution in [0.3, 0.4) is 0 Å². The molecule has 1 aliphatic heterocycles. The lowest BCUT2D eigenvalue weighted by Gasteiger charge is -2.18. The minimum absolute atomic E-state index is 0.0161. The molecule has 3 heteroatoms. The lowest BCUT2D eigenvalue weighted by atomic mass is 10.3. The molecule has 1 atom stereocenters. The maximum Gasteiger partial charge on any atom is 0.240 e. The maximum atomic E-state index is 11.2. The summed E-state index contributed by atoms with van der Waals surface area (Å²) in [7, 11) is 0. The van der Waals surface area contributed by atoms with Crippen LogP contribution >= 0.6 is 0 Å². The van der Waals surface area contributed by atoms with Gasteiger partial charge in [0.05, 0.1) is 12.7 Å². The number of amides is 1. The van der Waals surface area contributed by atoms with Gasteiger partial charge in [-0.1, -0.05) is 0 Å². The lowest BCUT2D eigenvalue weighted by Crippen LogP contribution is -2.34. The first-order valence-corrected chi connectivity index (χ1v) is 3.67. The quantitative estimate of drug-likeness (QED) is 0.566. The summed E-state index contributed by atoms with van der Waals surface area (Å²) in [5, 5.41) is 3.08. The molecule has 58 valence electrons. The molecule has 3 nitrogen and oxygen atoms in total. The average molecular weight is 142 g/mol. The molecule has 1 unspecified atom stereocenters. The second-order valence-corrected chi connectivity index (χ2v) is 2.99. The predicted octanol–water partition coefficient (Wildman–Crippen LogP) is 0.173. The normalized spacial score (nSPS) is 26.6. The molecular formula is C7H14N2O. The van der Waals surface area contributed by atoms with Crippen molar-refractivity contribution in [2.24, 2.45) is 0 Å². The van der Waals surface area contributed by atoms with E-state index >= 15 is 0 Å². The van der Waals surface area contributed by atoms with Crippen molar-refractivity contribution in [2.45, 2.75) is 32.9 Å². The van der Waals surface area contributed by atoms with Crippen molar-refractivity contribution in [3.05, 3.63) is 0 Å². The molecule has 1 saturated heterocycles. The van der Waals surface area contributed by atoms with Gasteiger partial charge in [0.25, 0.3) is 0 Å². The van der Waals surface area contributed by atoms with Crippen molar-refractivity contribution in [1.82, 2.24) is 10.2 Å². The Labute approximate surface area is 61.4 Å². The first-order chi connectivity index (χ1) is 4.63. The summed E-state index contributed by atoms with van der Waals surface area (Å²) < 4.78 is 0. The van der Waals surface area contributed by atoms with Crippen LogP contribution in [0.5, 0.6) is 0 Å². The van der Waals surface area contributed by atoms with Crippen molar-refractivity contribution < 1.29 is 4.79 Å². The second kappa shape index (κ2) is 2.58. The van der Waals surface area contributed by atoms with E-state index in [2.05, 4.69) is 5.32 Å². The van der Waals surface area contributed by atoms with Crippen LogP contribution in [0, 0.1) is 0 Å². The Hall–Kier alpha value is -0.570. The predicted molar refractivity (Wildman–Crippen MR) is 39.4 cm³/mol. The largest absolute Gasteiger partial charge is 0.326 e. The van der Waals surface area contributed by atoms with Gasteiger partial charge >= 0.3 is 0 Å². The molecule has 0 spiro atoms. The molecule has 0 aliphatic carbocycles. The van der Waals surface area contributed by atoms with Gasteiger partial charge in [0.15, 0.2) is 0 Å². The number of nitrogens with zero attached hydrogens (tertiary/aromatic N) is 1. The van der Waals surface area contributed by atoms with E-state index < -0.39 is 0 Å². The molecule has 0 aromatic heterocycles. The molecule has 1 rings (SSSR count). The van der Waals surface area contributed by atoms with Gasteiger partial charge in [-0.2, -0.15) is 0 Å². The molecule has 10 heavy (non-hydrogen) atoms. The van der Waals surface area contributed by atoms with E-state index in [1.165, 1.54) is 0 Å². The Morgan fingerprint density at radius 3 is 2.50 bits per heavy atom. The van der Waals surface area contributed by atoms with E-state index in [4.69, 9.17) is 0 Å². The molecule has 0 saturated carbocycles. The van der Waals surface area contributed by atoms with E-state index in [1.54, 1.807) is 0 Å². The van der Waals surface area contributed by atoms with Crippen LogP contribution < -0.4 is 5.32 Å². The first-order valence-electron chi connectivity index (χ1n) is 3.67. The molecule has 0 bridgehead atoms. The summed E-state index contributed by atoms with van der Waals surface area (Å²) in [5.41, 5.74) is 0. The smallest absolute Gasteiger partial charge is 0.240 e. The number of hydrogen-bond acceptors (Lipinski definition) is 2. The molecule has 1 aliphatic rings. The van der Waals surface area contributed by atoms with Crippen LogP contribution in [0.15, 0.2) is 0 Å². The molecule has 1 fully saturated rings. The third-order valence-corrected chi connectivity index (χ3v) is 1.84. The van der Waals surface area contributed by atoms with Crippen molar-refractivity contribution >= 4 is 5.91 Å². The molecule has 0 aromatic rings.